The van der Waals surface area contributed by atoms with Crippen molar-refractivity contribution in [3.05, 3.63) is 58.1 Å². The average Bonchev–Trinajstić information content (AvgIpc) is 2.56. The predicted molar refractivity (Wildman–Crippen MR) is 101 cm³/mol. The van der Waals surface area contributed by atoms with Gasteiger partial charge >= 0.3 is 0 Å². The van der Waals surface area contributed by atoms with E-state index >= 15 is 0 Å². The fourth-order valence-corrected chi connectivity index (χ4v) is 2.67. The number of aryl methyl sites for hydroxylation is 1. The van der Waals surface area contributed by atoms with Gasteiger partial charge in [0.2, 0.25) is 0 Å². The van der Waals surface area contributed by atoms with Crippen molar-refractivity contribution in [2.45, 2.75) is 13.8 Å². The van der Waals surface area contributed by atoms with E-state index in [-0.39, 0.29) is 12.5 Å². The summed E-state index contributed by atoms with van der Waals surface area (Å²) in [6.45, 7) is 3.80. The van der Waals surface area contributed by atoms with Gasteiger partial charge in [-0.2, -0.15) is 0 Å². The van der Waals surface area contributed by atoms with Crippen LogP contribution < -0.4 is 14.8 Å². The highest BCUT2D eigenvalue weighted by molar-refractivity contribution is 9.10. The minimum Gasteiger partial charge on any atom is -0.493 e. The van der Waals surface area contributed by atoms with Gasteiger partial charge < -0.3 is 14.8 Å². The minimum absolute atomic E-state index is 0.0885. The third-order valence-corrected chi connectivity index (χ3v) is 3.86. The number of allylic oxidation sites excluding steroid dienone is 1. The molecule has 0 spiro atoms. The fraction of sp³-hybridized carbons (Fsp3) is 0.211. The van der Waals surface area contributed by atoms with Crippen LogP contribution in [0.4, 0.5) is 5.69 Å². The second kappa shape index (κ2) is 8.55. The topological polar surface area (TPSA) is 47.6 Å². The number of carbonyl (C=O) groups excluding carboxylic acids is 1. The van der Waals surface area contributed by atoms with Crippen LogP contribution in [0.1, 0.15) is 18.1 Å². The zero-order chi connectivity index (χ0) is 17.5. The molecule has 0 aliphatic heterocycles. The van der Waals surface area contributed by atoms with Crippen LogP contribution in [0.3, 0.4) is 0 Å². The maximum atomic E-state index is 12.1. The van der Waals surface area contributed by atoms with Gasteiger partial charge in [0.25, 0.3) is 5.91 Å². The van der Waals surface area contributed by atoms with Crippen molar-refractivity contribution in [2.24, 2.45) is 0 Å². The first-order chi connectivity index (χ1) is 11.5. The lowest BCUT2D eigenvalue weighted by atomic mass is 10.2. The summed E-state index contributed by atoms with van der Waals surface area (Å²) in [5.41, 5.74) is 2.75. The Morgan fingerprint density at radius 1 is 1.21 bits per heavy atom. The van der Waals surface area contributed by atoms with E-state index in [2.05, 4.69) is 21.2 Å². The summed E-state index contributed by atoms with van der Waals surface area (Å²) < 4.78 is 11.9. The lowest BCUT2D eigenvalue weighted by molar-refractivity contribution is -0.118. The van der Waals surface area contributed by atoms with Gasteiger partial charge in [0.15, 0.2) is 18.1 Å². The number of halogens is 1. The summed E-state index contributed by atoms with van der Waals surface area (Å²) in [5.74, 6) is 0.909. The Morgan fingerprint density at radius 3 is 2.67 bits per heavy atom. The van der Waals surface area contributed by atoms with Gasteiger partial charge in [-0.3, -0.25) is 4.79 Å². The van der Waals surface area contributed by atoms with Crippen molar-refractivity contribution >= 4 is 33.6 Å². The highest BCUT2D eigenvalue weighted by Crippen LogP contribution is 2.28. The highest BCUT2D eigenvalue weighted by atomic mass is 79.9. The number of hydrogen-bond acceptors (Lipinski definition) is 3. The predicted octanol–water partition coefficient (Wildman–Crippen LogP) is 4.82. The van der Waals surface area contributed by atoms with E-state index in [1.807, 2.05) is 56.3 Å². The molecule has 2 aromatic carbocycles. The molecule has 0 fully saturated rings. The van der Waals surface area contributed by atoms with Gasteiger partial charge in [-0.15, -0.1) is 0 Å². The van der Waals surface area contributed by atoms with E-state index in [4.69, 9.17) is 9.47 Å². The number of anilines is 1. The quantitative estimate of drug-likeness (QED) is 0.770. The maximum absolute atomic E-state index is 12.1. The maximum Gasteiger partial charge on any atom is 0.262 e. The van der Waals surface area contributed by atoms with Gasteiger partial charge in [0.1, 0.15) is 0 Å². The molecule has 4 nitrogen and oxygen atoms in total. The summed E-state index contributed by atoms with van der Waals surface area (Å²) in [5, 5.41) is 2.84. The zero-order valence-corrected chi connectivity index (χ0v) is 15.5. The zero-order valence-electron chi connectivity index (χ0n) is 13.9. The molecule has 2 rings (SSSR count). The molecule has 0 radical (unpaired) electrons. The molecule has 0 bridgehead atoms. The van der Waals surface area contributed by atoms with Crippen LogP contribution in [0.25, 0.3) is 6.08 Å². The van der Waals surface area contributed by atoms with E-state index in [1.165, 1.54) is 0 Å². The first kappa shape index (κ1) is 18.1. The molecule has 0 aliphatic rings. The second-order valence-electron chi connectivity index (χ2n) is 5.21. The number of hydrogen-bond donors (Lipinski definition) is 1. The fourth-order valence-electron chi connectivity index (χ4n) is 2.20. The molecule has 0 aliphatic carbocycles. The van der Waals surface area contributed by atoms with E-state index in [9.17, 15) is 4.79 Å². The molecule has 126 valence electrons. The van der Waals surface area contributed by atoms with Crippen molar-refractivity contribution in [3.8, 4) is 11.5 Å². The lowest BCUT2D eigenvalue weighted by Crippen LogP contribution is -2.20. The molecular formula is C19H20BrNO3. The Hall–Kier alpha value is -2.27. The van der Waals surface area contributed by atoms with Crippen LogP contribution in [-0.4, -0.2) is 19.6 Å². The van der Waals surface area contributed by atoms with E-state index in [0.717, 1.165) is 21.3 Å². The number of benzene rings is 2. The van der Waals surface area contributed by atoms with Gasteiger partial charge in [0.05, 0.1) is 7.11 Å². The highest BCUT2D eigenvalue weighted by Gasteiger charge is 2.09. The Kier molecular flexibility index (Phi) is 6.44. The van der Waals surface area contributed by atoms with Crippen LogP contribution in [-0.2, 0) is 4.79 Å². The van der Waals surface area contributed by atoms with E-state index < -0.39 is 0 Å². The van der Waals surface area contributed by atoms with E-state index in [0.29, 0.717) is 11.5 Å². The Morgan fingerprint density at radius 2 is 2.00 bits per heavy atom. The molecule has 0 unspecified atom stereocenters. The Balaban J connectivity index is 2.01. The van der Waals surface area contributed by atoms with Crippen molar-refractivity contribution in [1.29, 1.82) is 0 Å². The molecule has 0 atom stereocenters. The molecule has 0 saturated carbocycles. The van der Waals surface area contributed by atoms with Crippen LogP contribution in [0.5, 0.6) is 11.5 Å². The van der Waals surface area contributed by atoms with E-state index in [1.54, 1.807) is 13.2 Å². The summed E-state index contributed by atoms with van der Waals surface area (Å²) in [7, 11) is 1.58. The molecule has 1 amide bonds. The van der Waals surface area contributed by atoms with Crippen molar-refractivity contribution in [2.75, 3.05) is 19.0 Å². The second-order valence-corrected chi connectivity index (χ2v) is 6.12. The normalized spacial score (nSPS) is 10.7. The molecule has 24 heavy (non-hydrogen) atoms. The van der Waals surface area contributed by atoms with Crippen LogP contribution in [0, 0.1) is 6.92 Å². The lowest BCUT2D eigenvalue weighted by Gasteiger charge is -2.12. The van der Waals surface area contributed by atoms with Gasteiger partial charge in [-0.25, -0.2) is 0 Å². The van der Waals surface area contributed by atoms with Gasteiger partial charge in [-0.05, 0) is 55.3 Å². The smallest absolute Gasteiger partial charge is 0.262 e. The van der Waals surface area contributed by atoms with Crippen LogP contribution in [0.2, 0.25) is 0 Å². The van der Waals surface area contributed by atoms with Crippen LogP contribution >= 0.6 is 15.9 Å². The summed E-state index contributed by atoms with van der Waals surface area (Å²) in [4.78, 5) is 12.1. The largest absolute Gasteiger partial charge is 0.493 e. The third-order valence-electron chi connectivity index (χ3n) is 3.37. The number of ether oxygens (including phenoxy) is 2. The first-order valence-corrected chi connectivity index (χ1v) is 8.32. The molecule has 0 aromatic heterocycles. The Bertz CT molecular complexity index is 756. The molecule has 0 heterocycles. The van der Waals surface area contributed by atoms with Crippen molar-refractivity contribution in [3.63, 3.8) is 0 Å². The number of rotatable bonds is 6. The van der Waals surface area contributed by atoms with Gasteiger partial charge in [0, 0.05) is 10.2 Å². The number of carbonyl (C=O) groups is 1. The summed E-state index contributed by atoms with van der Waals surface area (Å²) in [6, 6.07) is 11.3. The molecule has 0 saturated heterocycles. The Labute approximate surface area is 150 Å². The molecule has 5 heteroatoms. The third kappa shape index (κ3) is 4.86. The summed E-state index contributed by atoms with van der Waals surface area (Å²) >= 11 is 3.40. The number of methoxy groups -OCH3 is 1. The standard InChI is InChI=1S/C19H20BrNO3/c1-4-5-14-6-9-17(18(11-14)23-3)24-12-19(22)21-16-8-7-15(20)10-13(16)2/h4-11H,12H2,1-3H3,(H,21,22). The molecule has 1 N–H and O–H groups in total. The average molecular weight is 390 g/mol. The van der Waals surface area contributed by atoms with Gasteiger partial charge in [-0.1, -0.05) is 34.1 Å². The van der Waals surface area contributed by atoms with Crippen LogP contribution in [0.15, 0.2) is 46.9 Å². The summed E-state index contributed by atoms with van der Waals surface area (Å²) in [6.07, 6.45) is 3.92. The monoisotopic (exact) mass is 389 g/mol. The number of nitrogens with one attached hydrogen (secondary N) is 1. The SMILES string of the molecule is CC=Cc1ccc(OCC(=O)Nc2ccc(Br)cc2C)c(OC)c1. The molecular weight excluding hydrogens is 370 g/mol. The molecule has 2 aromatic rings. The first-order valence-electron chi connectivity index (χ1n) is 7.53. The minimum atomic E-state index is -0.222. The van der Waals surface area contributed by atoms with Crippen molar-refractivity contribution in [1.82, 2.24) is 0 Å². The number of amides is 1. The van der Waals surface area contributed by atoms with Crippen molar-refractivity contribution < 1.29 is 14.3 Å².